The molecular weight excluding hydrogens is 164 g/mol. The van der Waals surface area contributed by atoms with E-state index in [-0.39, 0.29) is 0 Å². The molecule has 4 nitrogen and oxygen atoms in total. The molecule has 2 rings (SSSR count). The second kappa shape index (κ2) is 3.92. The fraction of sp³-hybridized carbons (Fsp3) is 1.00. The largest absolute Gasteiger partial charge is 0.292 e. The van der Waals surface area contributed by atoms with Gasteiger partial charge < -0.3 is 0 Å². The molecule has 0 spiro atoms. The molecule has 0 radical (unpaired) electrons. The molecule has 0 aromatic rings. The molecule has 2 aliphatic rings. The number of nitrogens with zero attached hydrogens (tertiary/aromatic N) is 4. The normalized spacial score (nSPS) is 29.1. The van der Waals surface area contributed by atoms with Crippen LogP contribution in [0.15, 0.2) is 0 Å². The summed E-state index contributed by atoms with van der Waals surface area (Å²) in [5.74, 6) is 0. The molecule has 0 saturated carbocycles. The average molecular weight is 184 g/mol. The van der Waals surface area contributed by atoms with Crippen LogP contribution in [0, 0.1) is 0 Å². The molecule has 0 N–H and O–H groups in total. The highest BCUT2D eigenvalue weighted by Crippen LogP contribution is 2.07. The van der Waals surface area contributed by atoms with E-state index < -0.39 is 0 Å². The van der Waals surface area contributed by atoms with Gasteiger partial charge in [-0.05, 0) is 14.1 Å². The highest BCUT2D eigenvalue weighted by atomic mass is 15.5. The summed E-state index contributed by atoms with van der Waals surface area (Å²) in [6.45, 7) is 8.34. The quantitative estimate of drug-likeness (QED) is 0.565. The molecular formula is C9H20N4. The van der Waals surface area contributed by atoms with Crippen LogP contribution in [0.25, 0.3) is 0 Å². The lowest BCUT2D eigenvalue weighted by Gasteiger charge is -2.22. The molecule has 4 heteroatoms. The minimum atomic E-state index is 1.14. The molecule has 0 aromatic carbocycles. The Hall–Kier alpha value is -0.160. The summed E-state index contributed by atoms with van der Waals surface area (Å²) in [5.41, 5.74) is 0. The van der Waals surface area contributed by atoms with Gasteiger partial charge in [0.1, 0.15) is 0 Å². The Morgan fingerprint density at radius 1 is 0.769 bits per heavy atom. The van der Waals surface area contributed by atoms with Gasteiger partial charge in [-0.15, -0.1) is 0 Å². The van der Waals surface area contributed by atoms with E-state index >= 15 is 0 Å². The van der Waals surface area contributed by atoms with E-state index in [1.807, 2.05) is 0 Å². The number of hydrogen-bond acceptors (Lipinski definition) is 4. The molecule has 0 unspecified atom stereocenters. The van der Waals surface area contributed by atoms with Crippen molar-refractivity contribution in [2.45, 2.75) is 0 Å². The SMILES string of the molecule is CN1CCN(CN2CCN(C)C2)C1. The first-order chi connectivity index (χ1) is 6.24. The van der Waals surface area contributed by atoms with E-state index in [4.69, 9.17) is 0 Å². The topological polar surface area (TPSA) is 13.0 Å². The van der Waals surface area contributed by atoms with Crippen LogP contribution in [0.4, 0.5) is 0 Å². The lowest BCUT2D eigenvalue weighted by molar-refractivity contribution is 0.147. The Morgan fingerprint density at radius 3 is 1.54 bits per heavy atom. The molecule has 2 heterocycles. The first kappa shape index (κ1) is 9.40. The molecule has 0 aromatic heterocycles. The van der Waals surface area contributed by atoms with E-state index in [1.165, 1.54) is 26.2 Å². The Kier molecular flexibility index (Phi) is 2.83. The number of rotatable bonds is 2. The molecule has 0 atom stereocenters. The van der Waals surface area contributed by atoms with Crippen molar-refractivity contribution in [3.8, 4) is 0 Å². The van der Waals surface area contributed by atoms with Crippen LogP contribution < -0.4 is 0 Å². The lowest BCUT2D eigenvalue weighted by Crippen LogP contribution is -2.36. The molecule has 2 aliphatic heterocycles. The monoisotopic (exact) mass is 184 g/mol. The van der Waals surface area contributed by atoms with Crippen molar-refractivity contribution in [3.63, 3.8) is 0 Å². The van der Waals surface area contributed by atoms with Crippen LogP contribution in [0.1, 0.15) is 0 Å². The summed E-state index contributed by atoms with van der Waals surface area (Å²) in [4.78, 5) is 9.78. The van der Waals surface area contributed by atoms with E-state index in [1.54, 1.807) is 0 Å². The van der Waals surface area contributed by atoms with Gasteiger partial charge in [-0.25, -0.2) is 0 Å². The third kappa shape index (κ3) is 2.40. The highest BCUT2D eigenvalue weighted by Gasteiger charge is 2.22. The maximum Gasteiger partial charge on any atom is 0.0531 e. The molecule has 2 saturated heterocycles. The van der Waals surface area contributed by atoms with Gasteiger partial charge in [0.25, 0.3) is 0 Å². The van der Waals surface area contributed by atoms with Gasteiger partial charge in [0.15, 0.2) is 0 Å². The minimum absolute atomic E-state index is 1.14. The van der Waals surface area contributed by atoms with Gasteiger partial charge in [-0.2, -0.15) is 0 Å². The van der Waals surface area contributed by atoms with Gasteiger partial charge in [-0.3, -0.25) is 19.6 Å². The predicted octanol–water partition coefficient (Wildman–Crippen LogP) is -0.646. The lowest BCUT2D eigenvalue weighted by atomic mass is 10.6. The summed E-state index contributed by atoms with van der Waals surface area (Å²) < 4.78 is 0. The Bertz CT molecular complexity index is 155. The first-order valence-corrected chi connectivity index (χ1v) is 5.06. The molecule has 13 heavy (non-hydrogen) atoms. The summed E-state index contributed by atoms with van der Waals surface area (Å²) in [7, 11) is 4.38. The maximum atomic E-state index is 2.51. The zero-order valence-electron chi connectivity index (χ0n) is 8.74. The van der Waals surface area contributed by atoms with Crippen LogP contribution in [0.3, 0.4) is 0 Å². The van der Waals surface area contributed by atoms with E-state index in [0.717, 1.165) is 20.0 Å². The summed E-state index contributed by atoms with van der Waals surface area (Å²) >= 11 is 0. The first-order valence-electron chi connectivity index (χ1n) is 5.06. The second-order valence-electron chi connectivity index (χ2n) is 4.37. The van der Waals surface area contributed by atoms with Crippen molar-refractivity contribution in [1.29, 1.82) is 0 Å². The Balaban J connectivity index is 1.72. The smallest absolute Gasteiger partial charge is 0.0531 e. The standard InChI is InChI=1S/C9H20N4/c1-10-3-5-12(7-10)9-13-6-4-11(2)8-13/h3-9H2,1-2H3. The van der Waals surface area contributed by atoms with Crippen LogP contribution in [-0.4, -0.2) is 79.9 Å². The number of hydrogen-bond donors (Lipinski definition) is 0. The second-order valence-corrected chi connectivity index (χ2v) is 4.37. The van der Waals surface area contributed by atoms with Gasteiger partial charge in [0.05, 0.1) is 20.0 Å². The molecule has 76 valence electrons. The average Bonchev–Trinajstić information content (AvgIpc) is 2.62. The summed E-state index contributed by atoms with van der Waals surface area (Å²) in [5, 5.41) is 0. The van der Waals surface area contributed by atoms with Gasteiger partial charge >= 0.3 is 0 Å². The summed E-state index contributed by atoms with van der Waals surface area (Å²) in [6.07, 6.45) is 0. The molecule has 0 bridgehead atoms. The predicted molar refractivity (Wildman–Crippen MR) is 53.3 cm³/mol. The van der Waals surface area contributed by atoms with Gasteiger partial charge in [0, 0.05) is 26.2 Å². The van der Waals surface area contributed by atoms with E-state index in [0.29, 0.717) is 0 Å². The highest BCUT2D eigenvalue weighted by molar-refractivity contribution is 4.72. The van der Waals surface area contributed by atoms with Crippen molar-refractivity contribution in [2.24, 2.45) is 0 Å². The van der Waals surface area contributed by atoms with Gasteiger partial charge in [0.2, 0.25) is 0 Å². The van der Waals surface area contributed by atoms with Crippen molar-refractivity contribution in [2.75, 3.05) is 60.3 Å². The minimum Gasteiger partial charge on any atom is -0.292 e. The molecule has 2 fully saturated rings. The van der Waals surface area contributed by atoms with Crippen LogP contribution >= 0.6 is 0 Å². The maximum absolute atomic E-state index is 2.51. The van der Waals surface area contributed by atoms with Crippen molar-refractivity contribution < 1.29 is 0 Å². The molecule has 0 amide bonds. The zero-order valence-corrected chi connectivity index (χ0v) is 8.74. The van der Waals surface area contributed by atoms with Crippen molar-refractivity contribution in [1.82, 2.24) is 19.6 Å². The summed E-state index contributed by atoms with van der Waals surface area (Å²) in [6, 6.07) is 0. The Labute approximate surface area is 80.7 Å². The van der Waals surface area contributed by atoms with Crippen LogP contribution in [-0.2, 0) is 0 Å². The van der Waals surface area contributed by atoms with Crippen LogP contribution in [0.5, 0.6) is 0 Å². The van der Waals surface area contributed by atoms with E-state index in [9.17, 15) is 0 Å². The Morgan fingerprint density at radius 2 is 1.23 bits per heavy atom. The van der Waals surface area contributed by atoms with Gasteiger partial charge in [-0.1, -0.05) is 0 Å². The third-order valence-corrected chi connectivity index (χ3v) is 2.88. The third-order valence-electron chi connectivity index (χ3n) is 2.88. The molecule has 0 aliphatic carbocycles. The van der Waals surface area contributed by atoms with E-state index in [2.05, 4.69) is 33.7 Å². The van der Waals surface area contributed by atoms with Crippen molar-refractivity contribution >= 4 is 0 Å². The fourth-order valence-electron chi connectivity index (χ4n) is 2.10. The van der Waals surface area contributed by atoms with Crippen molar-refractivity contribution in [3.05, 3.63) is 0 Å². The van der Waals surface area contributed by atoms with Crippen LogP contribution in [0.2, 0.25) is 0 Å². The zero-order chi connectivity index (χ0) is 9.26. The fourth-order valence-corrected chi connectivity index (χ4v) is 2.10. The number of likely N-dealkylation sites (N-methyl/N-ethyl adjacent to an activating group) is 2.